The molecule has 3 rings (SSSR count). The van der Waals surface area contributed by atoms with E-state index in [2.05, 4.69) is 5.32 Å². The molecule has 1 aliphatic carbocycles. The van der Waals surface area contributed by atoms with Crippen LogP contribution in [0.3, 0.4) is 0 Å². The number of aliphatic hydroxyl groups is 1. The lowest BCUT2D eigenvalue weighted by Crippen LogP contribution is -2.29. The van der Waals surface area contributed by atoms with Crippen molar-refractivity contribution in [3.63, 3.8) is 0 Å². The van der Waals surface area contributed by atoms with Gasteiger partial charge in [-0.15, -0.1) is 0 Å². The number of rotatable bonds is 1. The third kappa shape index (κ3) is 1.72. The first kappa shape index (κ1) is 9.49. The van der Waals surface area contributed by atoms with Crippen LogP contribution in [0.25, 0.3) is 0 Å². The van der Waals surface area contributed by atoms with Crippen molar-refractivity contribution in [3.05, 3.63) is 28.8 Å². The zero-order chi connectivity index (χ0) is 10.4. The highest BCUT2D eigenvalue weighted by Crippen LogP contribution is 2.43. The maximum atomic E-state index is 10.0. The number of anilines is 1. The van der Waals surface area contributed by atoms with Crippen molar-refractivity contribution in [1.82, 2.24) is 0 Å². The summed E-state index contributed by atoms with van der Waals surface area (Å²) in [4.78, 5) is 0. The summed E-state index contributed by atoms with van der Waals surface area (Å²) in [5.41, 5.74) is 1.99. The fourth-order valence-electron chi connectivity index (χ4n) is 2.38. The summed E-state index contributed by atoms with van der Waals surface area (Å²) in [6.45, 7) is 0. The molecule has 3 heteroatoms. The maximum absolute atomic E-state index is 10.0. The topological polar surface area (TPSA) is 32.3 Å². The molecule has 2 atom stereocenters. The molecule has 2 N–H and O–H groups in total. The Morgan fingerprint density at radius 2 is 2.13 bits per heavy atom. The number of benzene rings is 1. The molecule has 1 saturated carbocycles. The second kappa shape index (κ2) is 3.39. The summed E-state index contributed by atoms with van der Waals surface area (Å²) >= 11 is 5.91. The molecule has 0 amide bonds. The average Bonchev–Trinajstić information content (AvgIpc) is 3.02. The Balaban J connectivity index is 1.93. The molecule has 1 aliphatic heterocycles. The highest BCUT2D eigenvalue weighted by molar-refractivity contribution is 6.30. The van der Waals surface area contributed by atoms with E-state index in [1.165, 1.54) is 12.8 Å². The van der Waals surface area contributed by atoms with Crippen LogP contribution in [-0.4, -0.2) is 11.1 Å². The number of fused-ring (bicyclic) bond motifs is 1. The molecule has 0 spiro atoms. The maximum Gasteiger partial charge on any atom is 0.0830 e. The van der Waals surface area contributed by atoms with Crippen LogP contribution in [0.1, 0.15) is 30.9 Å². The van der Waals surface area contributed by atoms with Gasteiger partial charge >= 0.3 is 0 Å². The molecular formula is C12H14ClNO. The van der Waals surface area contributed by atoms with E-state index in [9.17, 15) is 5.11 Å². The first-order valence-electron chi connectivity index (χ1n) is 5.48. The summed E-state index contributed by atoms with van der Waals surface area (Å²) in [7, 11) is 0. The summed E-state index contributed by atoms with van der Waals surface area (Å²) in [6.07, 6.45) is 3.06. The van der Waals surface area contributed by atoms with Gasteiger partial charge in [0.05, 0.1) is 6.10 Å². The minimum Gasteiger partial charge on any atom is -0.388 e. The molecule has 2 unspecified atom stereocenters. The summed E-state index contributed by atoms with van der Waals surface area (Å²) in [5, 5.41) is 14.2. The van der Waals surface area contributed by atoms with Crippen LogP contribution in [-0.2, 0) is 0 Å². The standard InChI is InChI=1S/C12H14ClNO/c13-8-3-4-10-9(5-8)12(15)6-11(14-10)7-1-2-7/h3-5,7,11-12,14-15H,1-2,6H2. The molecule has 15 heavy (non-hydrogen) atoms. The van der Waals surface area contributed by atoms with Crippen molar-refractivity contribution < 1.29 is 5.11 Å². The molecule has 0 saturated heterocycles. The van der Waals surface area contributed by atoms with Crippen LogP contribution in [0.4, 0.5) is 5.69 Å². The molecule has 0 aromatic heterocycles. The van der Waals surface area contributed by atoms with Crippen LogP contribution in [0.5, 0.6) is 0 Å². The summed E-state index contributed by atoms with van der Waals surface area (Å²) in [5.74, 6) is 0.767. The van der Waals surface area contributed by atoms with Crippen molar-refractivity contribution in [1.29, 1.82) is 0 Å². The Bertz CT molecular complexity index is 389. The Morgan fingerprint density at radius 1 is 1.33 bits per heavy atom. The van der Waals surface area contributed by atoms with Crippen LogP contribution < -0.4 is 5.32 Å². The Hall–Kier alpha value is -0.730. The van der Waals surface area contributed by atoms with E-state index in [0.717, 1.165) is 23.6 Å². The SMILES string of the molecule is OC1CC(C2CC2)Nc2ccc(Cl)cc21. The van der Waals surface area contributed by atoms with Gasteiger partial charge in [0.2, 0.25) is 0 Å². The largest absolute Gasteiger partial charge is 0.388 e. The van der Waals surface area contributed by atoms with Crippen molar-refractivity contribution >= 4 is 17.3 Å². The Labute approximate surface area is 94.3 Å². The van der Waals surface area contributed by atoms with E-state index < -0.39 is 0 Å². The minimum absolute atomic E-state index is 0.356. The van der Waals surface area contributed by atoms with Crippen LogP contribution in [0, 0.1) is 5.92 Å². The monoisotopic (exact) mass is 223 g/mol. The molecule has 1 aromatic rings. The normalized spacial score (nSPS) is 29.5. The lowest BCUT2D eigenvalue weighted by atomic mass is 9.93. The minimum atomic E-state index is -0.356. The van der Waals surface area contributed by atoms with Gasteiger partial charge in [0.15, 0.2) is 0 Å². The highest BCUT2D eigenvalue weighted by atomic mass is 35.5. The van der Waals surface area contributed by atoms with E-state index >= 15 is 0 Å². The van der Waals surface area contributed by atoms with Crippen LogP contribution in [0.2, 0.25) is 5.02 Å². The number of hydrogen-bond donors (Lipinski definition) is 2. The quantitative estimate of drug-likeness (QED) is 0.767. The molecule has 80 valence electrons. The van der Waals surface area contributed by atoms with E-state index in [1.807, 2.05) is 18.2 Å². The van der Waals surface area contributed by atoms with Crippen molar-refractivity contribution in [3.8, 4) is 0 Å². The van der Waals surface area contributed by atoms with Crippen molar-refractivity contribution in [2.45, 2.75) is 31.4 Å². The molecule has 0 radical (unpaired) electrons. The molecule has 2 nitrogen and oxygen atoms in total. The fraction of sp³-hybridized carbons (Fsp3) is 0.500. The lowest BCUT2D eigenvalue weighted by Gasteiger charge is -2.30. The van der Waals surface area contributed by atoms with Gasteiger partial charge in [-0.3, -0.25) is 0 Å². The van der Waals surface area contributed by atoms with Crippen LogP contribution >= 0.6 is 11.6 Å². The second-order valence-electron chi connectivity index (χ2n) is 4.57. The van der Waals surface area contributed by atoms with Gasteiger partial charge in [0.1, 0.15) is 0 Å². The number of hydrogen-bond acceptors (Lipinski definition) is 2. The fourth-order valence-corrected chi connectivity index (χ4v) is 2.56. The zero-order valence-electron chi connectivity index (χ0n) is 8.41. The van der Waals surface area contributed by atoms with E-state index in [4.69, 9.17) is 11.6 Å². The Kier molecular flexibility index (Phi) is 2.15. The van der Waals surface area contributed by atoms with E-state index in [-0.39, 0.29) is 6.10 Å². The molecule has 1 heterocycles. The van der Waals surface area contributed by atoms with Gasteiger partial charge in [0, 0.05) is 22.3 Å². The smallest absolute Gasteiger partial charge is 0.0830 e. The molecule has 1 fully saturated rings. The van der Waals surface area contributed by atoms with E-state index in [0.29, 0.717) is 11.1 Å². The third-order valence-electron chi connectivity index (χ3n) is 3.38. The van der Waals surface area contributed by atoms with Crippen LogP contribution in [0.15, 0.2) is 18.2 Å². The van der Waals surface area contributed by atoms with Gasteiger partial charge in [0.25, 0.3) is 0 Å². The summed E-state index contributed by atoms with van der Waals surface area (Å²) < 4.78 is 0. The molecular weight excluding hydrogens is 210 g/mol. The molecule has 2 aliphatic rings. The van der Waals surface area contributed by atoms with Gasteiger partial charge in [-0.05, 0) is 43.4 Å². The predicted octanol–water partition coefficient (Wildman–Crippen LogP) is 2.97. The first-order valence-corrected chi connectivity index (χ1v) is 5.86. The van der Waals surface area contributed by atoms with Gasteiger partial charge in [-0.2, -0.15) is 0 Å². The third-order valence-corrected chi connectivity index (χ3v) is 3.62. The van der Waals surface area contributed by atoms with Gasteiger partial charge < -0.3 is 10.4 Å². The second-order valence-corrected chi connectivity index (χ2v) is 5.01. The molecule has 1 aromatic carbocycles. The van der Waals surface area contributed by atoms with Crippen molar-refractivity contribution in [2.24, 2.45) is 5.92 Å². The molecule has 0 bridgehead atoms. The van der Waals surface area contributed by atoms with Crippen molar-refractivity contribution in [2.75, 3.05) is 5.32 Å². The highest BCUT2D eigenvalue weighted by Gasteiger charge is 2.36. The Morgan fingerprint density at radius 3 is 2.87 bits per heavy atom. The predicted molar refractivity (Wildman–Crippen MR) is 61.2 cm³/mol. The van der Waals surface area contributed by atoms with Gasteiger partial charge in [-0.25, -0.2) is 0 Å². The number of halogens is 1. The summed E-state index contributed by atoms with van der Waals surface area (Å²) in [6, 6.07) is 6.15. The average molecular weight is 224 g/mol. The number of nitrogens with one attached hydrogen (secondary N) is 1. The lowest BCUT2D eigenvalue weighted by molar-refractivity contribution is 0.152. The van der Waals surface area contributed by atoms with E-state index in [1.54, 1.807) is 0 Å². The van der Waals surface area contributed by atoms with Gasteiger partial charge in [-0.1, -0.05) is 11.6 Å². The zero-order valence-corrected chi connectivity index (χ0v) is 9.17. The first-order chi connectivity index (χ1) is 7.24. The number of aliphatic hydroxyl groups excluding tert-OH is 1.